The van der Waals surface area contributed by atoms with Crippen LogP contribution in [-0.2, 0) is 0 Å². The van der Waals surface area contributed by atoms with Crippen LogP contribution < -0.4 is 10.1 Å². The molecule has 4 nitrogen and oxygen atoms in total. The van der Waals surface area contributed by atoms with Crippen molar-refractivity contribution in [1.29, 1.82) is 0 Å². The number of methoxy groups -OCH3 is 1. The maximum atomic E-state index is 5.48. The van der Waals surface area contributed by atoms with Gasteiger partial charge in [-0.2, -0.15) is 0 Å². The van der Waals surface area contributed by atoms with Gasteiger partial charge < -0.3 is 10.1 Å². The van der Waals surface area contributed by atoms with E-state index >= 15 is 0 Å². The molecule has 1 N–H and O–H groups in total. The third-order valence-electron chi connectivity index (χ3n) is 3.40. The number of hydrogen-bond donors (Lipinski definition) is 1. The van der Waals surface area contributed by atoms with Gasteiger partial charge in [0.1, 0.15) is 17.9 Å². The lowest BCUT2D eigenvalue weighted by atomic mass is 9.95. The van der Waals surface area contributed by atoms with Crippen molar-refractivity contribution < 1.29 is 4.74 Å². The molecule has 0 fully saturated rings. The van der Waals surface area contributed by atoms with Crippen LogP contribution in [0.2, 0.25) is 0 Å². The molecule has 0 radical (unpaired) electrons. The first-order chi connectivity index (χ1) is 9.56. The van der Waals surface area contributed by atoms with Crippen LogP contribution in [0.3, 0.4) is 0 Å². The Kier molecular flexibility index (Phi) is 4.23. The number of rotatable bonds is 4. The van der Waals surface area contributed by atoms with E-state index in [4.69, 9.17) is 4.74 Å². The van der Waals surface area contributed by atoms with Crippen molar-refractivity contribution in [3.8, 4) is 17.0 Å². The molecule has 0 aliphatic carbocycles. The van der Waals surface area contributed by atoms with Gasteiger partial charge >= 0.3 is 0 Å². The zero-order valence-corrected chi connectivity index (χ0v) is 12.7. The fourth-order valence-corrected chi connectivity index (χ4v) is 2.24. The minimum Gasteiger partial charge on any atom is -0.496 e. The molecule has 1 heterocycles. The van der Waals surface area contributed by atoms with Gasteiger partial charge in [-0.05, 0) is 36.1 Å². The molecule has 0 saturated heterocycles. The second kappa shape index (κ2) is 5.90. The first-order valence-corrected chi connectivity index (χ1v) is 6.75. The molecule has 0 saturated carbocycles. The molecular formula is C16H21N3O. The van der Waals surface area contributed by atoms with Gasteiger partial charge in [-0.1, -0.05) is 13.8 Å². The van der Waals surface area contributed by atoms with Crippen molar-refractivity contribution in [3.63, 3.8) is 0 Å². The summed E-state index contributed by atoms with van der Waals surface area (Å²) in [5, 5.41) is 3.04. The van der Waals surface area contributed by atoms with Gasteiger partial charge in [0.25, 0.3) is 0 Å². The fourth-order valence-electron chi connectivity index (χ4n) is 2.24. The van der Waals surface area contributed by atoms with Crippen molar-refractivity contribution in [2.24, 2.45) is 0 Å². The second-order valence-corrected chi connectivity index (χ2v) is 5.10. The topological polar surface area (TPSA) is 47.0 Å². The number of benzene rings is 1. The number of aryl methyl sites for hydroxylation is 1. The highest BCUT2D eigenvalue weighted by Gasteiger charge is 2.13. The van der Waals surface area contributed by atoms with Crippen LogP contribution in [0, 0.1) is 6.92 Å². The predicted molar refractivity (Wildman–Crippen MR) is 82.4 cm³/mol. The minimum atomic E-state index is 0.398. The third kappa shape index (κ3) is 2.74. The monoisotopic (exact) mass is 271 g/mol. The van der Waals surface area contributed by atoms with E-state index in [0.29, 0.717) is 5.92 Å². The molecule has 1 aromatic heterocycles. The molecule has 2 aromatic rings. The van der Waals surface area contributed by atoms with Crippen molar-refractivity contribution >= 4 is 5.82 Å². The summed E-state index contributed by atoms with van der Waals surface area (Å²) in [5.41, 5.74) is 4.38. The lowest BCUT2D eigenvalue weighted by Gasteiger charge is -2.16. The standard InChI is InChI=1S/C16H21N3O/c1-10(2)12-7-13(11(3)6-15(12)20-5)14-8-16(17-4)19-9-18-14/h6-10H,1-5H3,(H,17,18,19). The molecule has 0 unspecified atom stereocenters. The molecular weight excluding hydrogens is 250 g/mol. The summed E-state index contributed by atoms with van der Waals surface area (Å²) >= 11 is 0. The molecule has 106 valence electrons. The van der Waals surface area contributed by atoms with Gasteiger partial charge in [-0.15, -0.1) is 0 Å². The molecule has 0 atom stereocenters. The summed E-state index contributed by atoms with van der Waals surface area (Å²) in [6.07, 6.45) is 1.58. The lowest BCUT2D eigenvalue weighted by molar-refractivity contribution is 0.407. The van der Waals surface area contributed by atoms with E-state index in [1.54, 1.807) is 13.4 Å². The lowest BCUT2D eigenvalue weighted by Crippen LogP contribution is -1.99. The first-order valence-electron chi connectivity index (χ1n) is 6.75. The Balaban J connectivity index is 2.58. The van der Waals surface area contributed by atoms with Crippen LogP contribution in [0.1, 0.15) is 30.9 Å². The molecule has 0 amide bonds. The molecule has 0 bridgehead atoms. The fraction of sp³-hybridized carbons (Fsp3) is 0.375. The highest BCUT2D eigenvalue weighted by atomic mass is 16.5. The zero-order valence-electron chi connectivity index (χ0n) is 12.7. The second-order valence-electron chi connectivity index (χ2n) is 5.10. The van der Waals surface area contributed by atoms with Gasteiger partial charge in [0.05, 0.1) is 12.8 Å². The van der Waals surface area contributed by atoms with E-state index in [-0.39, 0.29) is 0 Å². The van der Waals surface area contributed by atoms with Crippen molar-refractivity contribution in [2.75, 3.05) is 19.5 Å². The van der Waals surface area contributed by atoms with Crippen LogP contribution in [-0.4, -0.2) is 24.1 Å². The highest BCUT2D eigenvalue weighted by Crippen LogP contribution is 2.33. The summed E-state index contributed by atoms with van der Waals surface area (Å²) in [7, 11) is 3.57. The normalized spacial score (nSPS) is 10.7. The Morgan fingerprint density at radius 1 is 1.15 bits per heavy atom. The third-order valence-corrected chi connectivity index (χ3v) is 3.40. The van der Waals surface area contributed by atoms with Gasteiger partial charge in [-0.25, -0.2) is 9.97 Å². The van der Waals surface area contributed by atoms with E-state index in [1.165, 1.54) is 5.56 Å². The summed E-state index contributed by atoms with van der Waals surface area (Å²) in [6.45, 7) is 6.40. The molecule has 0 aliphatic heterocycles. The van der Waals surface area contributed by atoms with E-state index in [2.05, 4.69) is 48.2 Å². The Morgan fingerprint density at radius 2 is 1.90 bits per heavy atom. The number of nitrogens with zero attached hydrogens (tertiary/aromatic N) is 2. The summed E-state index contributed by atoms with van der Waals surface area (Å²) < 4.78 is 5.48. The Labute approximate surface area is 120 Å². The quantitative estimate of drug-likeness (QED) is 0.922. The van der Waals surface area contributed by atoms with E-state index in [1.807, 2.05) is 13.1 Å². The Bertz CT molecular complexity index is 609. The largest absolute Gasteiger partial charge is 0.496 e. The van der Waals surface area contributed by atoms with Crippen molar-refractivity contribution in [1.82, 2.24) is 9.97 Å². The zero-order chi connectivity index (χ0) is 14.7. The van der Waals surface area contributed by atoms with Crippen molar-refractivity contribution in [3.05, 3.63) is 35.7 Å². The van der Waals surface area contributed by atoms with Gasteiger partial charge in [-0.3, -0.25) is 0 Å². The summed E-state index contributed by atoms with van der Waals surface area (Å²) in [5.74, 6) is 2.15. The van der Waals surface area contributed by atoms with Gasteiger partial charge in [0.15, 0.2) is 0 Å². The van der Waals surface area contributed by atoms with Crippen LogP contribution in [0.15, 0.2) is 24.5 Å². The predicted octanol–water partition coefficient (Wildman–Crippen LogP) is 3.63. The van der Waals surface area contributed by atoms with Crippen molar-refractivity contribution in [2.45, 2.75) is 26.7 Å². The highest BCUT2D eigenvalue weighted by molar-refractivity contribution is 5.68. The maximum absolute atomic E-state index is 5.48. The average Bonchev–Trinajstić information content (AvgIpc) is 2.46. The first kappa shape index (κ1) is 14.3. The van der Waals surface area contributed by atoms with Gasteiger partial charge in [0.2, 0.25) is 0 Å². The van der Waals surface area contributed by atoms with Crippen LogP contribution in [0.4, 0.5) is 5.82 Å². The maximum Gasteiger partial charge on any atom is 0.129 e. The molecule has 20 heavy (non-hydrogen) atoms. The molecule has 0 aliphatic rings. The van der Waals surface area contributed by atoms with Crippen LogP contribution in [0.5, 0.6) is 5.75 Å². The van der Waals surface area contributed by atoms with Crippen LogP contribution >= 0.6 is 0 Å². The Hall–Kier alpha value is -2.10. The van der Waals surface area contributed by atoms with Crippen LogP contribution in [0.25, 0.3) is 11.3 Å². The van der Waals surface area contributed by atoms with E-state index in [0.717, 1.165) is 28.4 Å². The van der Waals surface area contributed by atoms with E-state index in [9.17, 15) is 0 Å². The van der Waals surface area contributed by atoms with E-state index < -0.39 is 0 Å². The number of hydrogen-bond acceptors (Lipinski definition) is 4. The summed E-state index contributed by atoms with van der Waals surface area (Å²) in [4.78, 5) is 8.54. The molecule has 4 heteroatoms. The number of nitrogens with one attached hydrogen (secondary N) is 1. The number of aromatic nitrogens is 2. The number of ether oxygens (including phenoxy) is 1. The van der Waals surface area contributed by atoms with Gasteiger partial charge in [0, 0.05) is 18.7 Å². The molecule has 0 spiro atoms. The SMILES string of the molecule is CNc1cc(-c2cc(C(C)C)c(OC)cc2C)ncn1. The minimum absolute atomic E-state index is 0.398. The smallest absolute Gasteiger partial charge is 0.129 e. The Morgan fingerprint density at radius 3 is 2.50 bits per heavy atom. The number of anilines is 1. The average molecular weight is 271 g/mol. The molecule has 1 aromatic carbocycles. The summed E-state index contributed by atoms with van der Waals surface area (Å²) in [6, 6.07) is 6.20. The molecule has 2 rings (SSSR count).